The number of carbonyl (C=O) groups is 2. The summed E-state index contributed by atoms with van der Waals surface area (Å²) < 4.78 is 27.8. The molecule has 0 saturated heterocycles. The number of amides is 2. The fourth-order valence-corrected chi connectivity index (χ4v) is 4.13. The zero-order valence-corrected chi connectivity index (χ0v) is 17.0. The summed E-state index contributed by atoms with van der Waals surface area (Å²) in [6.07, 6.45) is 0.535. The van der Waals surface area contributed by atoms with Crippen molar-refractivity contribution < 1.29 is 18.4 Å². The fraction of sp³-hybridized carbons (Fsp3) is 0.200. The van der Waals surface area contributed by atoms with Gasteiger partial charge in [-0.3, -0.25) is 9.59 Å². The Morgan fingerprint density at radius 2 is 1.71 bits per heavy atom. The minimum absolute atomic E-state index is 0.194. The molecule has 158 valence electrons. The van der Waals surface area contributed by atoms with Gasteiger partial charge in [-0.05, 0) is 47.9 Å². The van der Waals surface area contributed by atoms with Crippen molar-refractivity contribution in [2.45, 2.75) is 25.3 Å². The summed E-state index contributed by atoms with van der Waals surface area (Å²) >= 11 is 0. The predicted molar refractivity (Wildman–Crippen MR) is 114 cm³/mol. The van der Waals surface area contributed by atoms with Crippen molar-refractivity contribution in [2.75, 3.05) is 11.9 Å². The van der Waals surface area contributed by atoms with Gasteiger partial charge in [-0.2, -0.15) is 0 Å². The van der Waals surface area contributed by atoms with E-state index in [0.29, 0.717) is 23.2 Å². The van der Waals surface area contributed by atoms with Crippen LogP contribution in [0.1, 0.15) is 42.0 Å². The van der Waals surface area contributed by atoms with Crippen molar-refractivity contribution in [1.82, 2.24) is 4.90 Å². The topological polar surface area (TPSA) is 49.4 Å². The van der Waals surface area contributed by atoms with Gasteiger partial charge in [0.1, 0.15) is 18.2 Å². The van der Waals surface area contributed by atoms with E-state index in [2.05, 4.69) is 5.32 Å². The average molecular weight is 420 g/mol. The van der Waals surface area contributed by atoms with E-state index < -0.39 is 23.6 Å². The van der Waals surface area contributed by atoms with Crippen LogP contribution >= 0.6 is 0 Å². The summed E-state index contributed by atoms with van der Waals surface area (Å²) in [6, 6.07) is 18.4. The van der Waals surface area contributed by atoms with Gasteiger partial charge in [0.15, 0.2) is 0 Å². The van der Waals surface area contributed by atoms with Crippen molar-refractivity contribution in [3.63, 3.8) is 0 Å². The molecular formula is C25H22F2N2O2. The van der Waals surface area contributed by atoms with Crippen LogP contribution in [0.5, 0.6) is 0 Å². The standard InChI is InChI=1S/C25H22F2N2O2/c1-2-20(16-6-4-3-5-7-16)25(31)29-15-23(30)28-22-13-12-19(27)14-21(22)24(29)17-8-10-18(26)11-9-17/h3-14,20,24H,2,15H2,1H3,(H,28,30). The lowest BCUT2D eigenvalue weighted by Gasteiger charge is -2.33. The third kappa shape index (κ3) is 4.19. The average Bonchev–Trinajstić information content (AvgIpc) is 2.91. The molecule has 0 spiro atoms. The summed E-state index contributed by atoms with van der Waals surface area (Å²) in [6.45, 7) is 1.72. The van der Waals surface area contributed by atoms with Gasteiger partial charge in [0.25, 0.3) is 0 Å². The molecule has 3 aromatic carbocycles. The monoisotopic (exact) mass is 420 g/mol. The molecule has 1 N–H and O–H groups in total. The van der Waals surface area contributed by atoms with E-state index in [1.165, 1.54) is 35.2 Å². The molecule has 0 saturated carbocycles. The van der Waals surface area contributed by atoms with E-state index in [1.807, 2.05) is 37.3 Å². The molecule has 2 unspecified atom stereocenters. The lowest BCUT2D eigenvalue weighted by Crippen LogP contribution is -2.41. The molecule has 4 rings (SSSR count). The Balaban J connectivity index is 1.86. The van der Waals surface area contributed by atoms with Crippen LogP contribution in [0.3, 0.4) is 0 Å². The second-order valence-electron chi connectivity index (χ2n) is 7.57. The molecule has 2 atom stereocenters. The number of anilines is 1. The summed E-state index contributed by atoms with van der Waals surface area (Å²) in [5.41, 5.74) is 2.33. The van der Waals surface area contributed by atoms with Gasteiger partial charge in [-0.25, -0.2) is 8.78 Å². The van der Waals surface area contributed by atoms with E-state index in [0.717, 1.165) is 5.56 Å². The van der Waals surface area contributed by atoms with Crippen molar-refractivity contribution >= 4 is 17.5 Å². The Morgan fingerprint density at radius 1 is 1.03 bits per heavy atom. The predicted octanol–water partition coefficient (Wildman–Crippen LogP) is 5.03. The van der Waals surface area contributed by atoms with Gasteiger partial charge in [-0.15, -0.1) is 0 Å². The lowest BCUT2D eigenvalue weighted by molar-refractivity contribution is -0.137. The second-order valence-corrected chi connectivity index (χ2v) is 7.57. The molecule has 0 aromatic heterocycles. The van der Waals surface area contributed by atoms with Crippen LogP contribution < -0.4 is 5.32 Å². The first kappa shape index (κ1) is 20.7. The van der Waals surface area contributed by atoms with Crippen molar-refractivity contribution in [1.29, 1.82) is 0 Å². The van der Waals surface area contributed by atoms with Crippen LogP contribution in [0, 0.1) is 11.6 Å². The van der Waals surface area contributed by atoms with Crippen LogP contribution in [0.15, 0.2) is 72.8 Å². The van der Waals surface area contributed by atoms with Crippen molar-refractivity contribution in [3.8, 4) is 0 Å². The van der Waals surface area contributed by atoms with Crippen molar-refractivity contribution in [2.24, 2.45) is 0 Å². The van der Waals surface area contributed by atoms with E-state index in [-0.39, 0.29) is 18.4 Å². The maximum atomic E-state index is 14.2. The Hall–Kier alpha value is -3.54. The molecule has 1 aliphatic heterocycles. The molecule has 1 heterocycles. The summed E-state index contributed by atoms with van der Waals surface area (Å²) in [5, 5.41) is 2.77. The molecule has 31 heavy (non-hydrogen) atoms. The third-order valence-electron chi connectivity index (χ3n) is 5.59. The SMILES string of the molecule is CCC(C(=O)N1CC(=O)Nc2ccc(F)cc2C1c1ccc(F)cc1)c1ccccc1. The Morgan fingerprint density at radius 3 is 2.39 bits per heavy atom. The van der Waals surface area contributed by atoms with Crippen LogP contribution in [0.25, 0.3) is 0 Å². The van der Waals surface area contributed by atoms with Gasteiger partial charge >= 0.3 is 0 Å². The van der Waals surface area contributed by atoms with Crippen LogP contribution in [-0.2, 0) is 9.59 Å². The highest BCUT2D eigenvalue weighted by Gasteiger charge is 2.36. The van der Waals surface area contributed by atoms with E-state index in [9.17, 15) is 18.4 Å². The first-order valence-electron chi connectivity index (χ1n) is 10.2. The molecule has 2 amide bonds. The van der Waals surface area contributed by atoms with Gasteiger partial charge in [0, 0.05) is 11.3 Å². The van der Waals surface area contributed by atoms with Gasteiger partial charge in [-0.1, -0.05) is 49.4 Å². The number of benzene rings is 3. The highest BCUT2D eigenvalue weighted by molar-refractivity contribution is 5.98. The fourth-order valence-electron chi connectivity index (χ4n) is 4.13. The molecule has 3 aromatic rings. The van der Waals surface area contributed by atoms with E-state index in [1.54, 1.807) is 12.1 Å². The van der Waals surface area contributed by atoms with Crippen molar-refractivity contribution in [3.05, 3.63) is 101 Å². The molecule has 0 bridgehead atoms. The van der Waals surface area contributed by atoms with Gasteiger partial charge in [0.2, 0.25) is 11.8 Å². The minimum atomic E-state index is -0.740. The van der Waals surface area contributed by atoms with Crippen LogP contribution in [0.2, 0.25) is 0 Å². The van der Waals surface area contributed by atoms with E-state index in [4.69, 9.17) is 0 Å². The zero-order valence-electron chi connectivity index (χ0n) is 17.0. The Kier molecular flexibility index (Phi) is 5.80. The zero-order chi connectivity index (χ0) is 22.0. The number of carbonyl (C=O) groups excluding carboxylic acids is 2. The Labute approximate surface area is 179 Å². The molecule has 1 aliphatic rings. The van der Waals surface area contributed by atoms with Crippen LogP contribution in [0.4, 0.5) is 14.5 Å². The molecule has 4 nitrogen and oxygen atoms in total. The molecule has 0 fully saturated rings. The summed E-state index contributed by atoms with van der Waals surface area (Å²) in [5.74, 6) is -1.97. The second kappa shape index (κ2) is 8.68. The summed E-state index contributed by atoms with van der Waals surface area (Å²) in [4.78, 5) is 27.9. The largest absolute Gasteiger partial charge is 0.324 e. The molecule has 0 radical (unpaired) electrons. The highest BCUT2D eigenvalue weighted by Crippen LogP contribution is 2.38. The normalized spacial score (nSPS) is 16.8. The maximum absolute atomic E-state index is 14.2. The third-order valence-corrected chi connectivity index (χ3v) is 5.59. The first-order valence-corrected chi connectivity index (χ1v) is 10.2. The Bertz CT molecular complexity index is 1100. The number of hydrogen-bond acceptors (Lipinski definition) is 2. The van der Waals surface area contributed by atoms with Gasteiger partial charge < -0.3 is 10.2 Å². The minimum Gasteiger partial charge on any atom is -0.324 e. The number of rotatable bonds is 4. The van der Waals surface area contributed by atoms with E-state index >= 15 is 0 Å². The number of halogens is 2. The number of nitrogens with one attached hydrogen (secondary N) is 1. The molecular weight excluding hydrogens is 398 g/mol. The maximum Gasteiger partial charge on any atom is 0.244 e. The molecule has 0 aliphatic carbocycles. The number of nitrogens with zero attached hydrogens (tertiary/aromatic N) is 1. The number of fused-ring (bicyclic) bond motifs is 1. The number of hydrogen-bond donors (Lipinski definition) is 1. The lowest BCUT2D eigenvalue weighted by atomic mass is 9.91. The highest BCUT2D eigenvalue weighted by atomic mass is 19.1. The van der Waals surface area contributed by atoms with Crippen LogP contribution in [-0.4, -0.2) is 23.3 Å². The van der Waals surface area contributed by atoms with Gasteiger partial charge in [0.05, 0.1) is 12.0 Å². The molecule has 6 heteroatoms. The first-order chi connectivity index (χ1) is 15.0. The smallest absolute Gasteiger partial charge is 0.244 e. The quantitative estimate of drug-likeness (QED) is 0.644. The summed E-state index contributed by atoms with van der Waals surface area (Å²) in [7, 11) is 0.